The van der Waals surface area contributed by atoms with E-state index in [4.69, 9.17) is 16.3 Å². The van der Waals surface area contributed by atoms with Gasteiger partial charge in [0.15, 0.2) is 0 Å². The molecule has 1 aromatic heterocycles. The molecule has 0 radical (unpaired) electrons. The standard InChI is InChI=1S/C29H34ClFN2O4S/c1-37-23-4-5-27-26(17-23)25(7-9-32-27)28(34)6-3-19-8-11-33(18-20(19)13-29(35)36)10-2-12-38-24-15-21(30)14-22(31)16-24/h4-5,7,9,14-17,19-20,28,34H,2-3,6,8,10-13,18H2,1H3,(H,35,36)/t19-,20+,28?/m1/s1. The lowest BCUT2D eigenvalue weighted by atomic mass is 9.79. The van der Waals surface area contributed by atoms with Crippen LogP contribution < -0.4 is 4.74 Å². The highest BCUT2D eigenvalue weighted by molar-refractivity contribution is 7.99. The fraction of sp³-hybridized carbons (Fsp3) is 0.448. The van der Waals surface area contributed by atoms with Gasteiger partial charge < -0.3 is 19.8 Å². The zero-order chi connectivity index (χ0) is 27.1. The lowest BCUT2D eigenvalue weighted by Crippen LogP contribution is -2.42. The molecule has 2 N–H and O–H groups in total. The minimum absolute atomic E-state index is 0.0393. The molecule has 0 amide bonds. The summed E-state index contributed by atoms with van der Waals surface area (Å²) in [6.07, 6.45) is 4.32. The van der Waals surface area contributed by atoms with Crippen molar-refractivity contribution in [3.05, 3.63) is 65.1 Å². The van der Waals surface area contributed by atoms with E-state index in [1.54, 1.807) is 31.1 Å². The second-order valence-corrected chi connectivity index (χ2v) is 11.5. The van der Waals surface area contributed by atoms with Gasteiger partial charge >= 0.3 is 5.97 Å². The number of aliphatic carboxylic acids is 1. The molecule has 38 heavy (non-hydrogen) atoms. The molecule has 1 fully saturated rings. The Balaban J connectivity index is 1.31. The van der Waals surface area contributed by atoms with Crippen LogP contribution >= 0.6 is 23.4 Å². The minimum atomic E-state index is -0.784. The van der Waals surface area contributed by atoms with Crippen molar-refractivity contribution in [3.63, 3.8) is 0 Å². The van der Waals surface area contributed by atoms with E-state index in [0.717, 1.165) is 66.0 Å². The molecule has 1 aliphatic rings. The summed E-state index contributed by atoms with van der Waals surface area (Å²) in [5, 5.41) is 21.9. The maximum atomic E-state index is 13.5. The fourth-order valence-electron chi connectivity index (χ4n) is 5.38. The summed E-state index contributed by atoms with van der Waals surface area (Å²) in [6, 6.07) is 12.0. The van der Waals surface area contributed by atoms with Gasteiger partial charge in [-0.25, -0.2) is 4.39 Å². The normalized spacial score (nSPS) is 18.9. The quantitative estimate of drug-likeness (QED) is 0.195. The summed E-state index contributed by atoms with van der Waals surface area (Å²) in [5.41, 5.74) is 1.62. The number of benzene rings is 2. The molecular weight excluding hydrogens is 527 g/mol. The van der Waals surface area contributed by atoms with Crippen molar-refractivity contribution in [1.29, 1.82) is 0 Å². The van der Waals surface area contributed by atoms with Gasteiger partial charge in [0.25, 0.3) is 0 Å². The molecule has 3 aromatic rings. The van der Waals surface area contributed by atoms with Crippen LogP contribution in [0, 0.1) is 17.7 Å². The van der Waals surface area contributed by atoms with Crippen molar-refractivity contribution in [2.75, 3.05) is 32.5 Å². The molecule has 0 saturated carbocycles. The Kier molecular flexibility index (Phi) is 10.2. The van der Waals surface area contributed by atoms with Gasteiger partial charge in [0.1, 0.15) is 11.6 Å². The van der Waals surface area contributed by atoms with Crippen LogP contribution in [0.15, 0.2) is 53.6 Å². The van der Waals surface area contributed by atoms with Gasteiger partial charge in [0.2, 0.25) is 0 Å². The Bertz CT molecular complexity index is 1230. The molecule has 0 bridgehead atoms. The van der Waals surface area contributed by atoms with Gasteiger partial charge in [0.05, 0.1) is 18.7 Å². The molecule has 0 aliphatic carbocycles. The summed E-state index contributed by atoms with van der Waals surface area (Å²) in [5.74, 6) is 0.709. The van der Waals surface area contributed by atoms with Crippen molar-refractivity contribution in [2.45, 2.75) is 43.1 Å². The number of nitrogens with zero attached hydrogens (tertiary/aromatic N) is 2. The van der Waals surface area contributed by atoms with Crippen LogP contribution in [0.5, 0.6) is 5.75 Å². The number of fused-ring (bicyclic) bond motifs is 1. The average molecular weight is 561 g/mol. The van der Waals surface area contributed by atoms with Gasteiger partial charge in [-0.2, -0.15) is 0 Å². The molecular formula is C29H34ClFN2O4S. The summed E-state index contributed by atoms with van der Waals surface area (Å²) < 4.78 is 18.9. The van der Waals surface area contributed by atoms with Crippen molar-refractivity contribution in [3.8, 4) is 5.75 Å². The van der Waals surface area contributed by atoms with Gasteiger partial charge in [-0.15, -0.1) is 11.8 Å². The Morgan fingerprint density at radius 1 is 1.26 bits per heavy atom. The van der Waals surface area contributed by atoms with Gasteiger partial charge in [-0.3, -0.25) is 9.78 Å². The van der Waals surface area contributed by atoms with E-state index in [9.17, 15) is 19.4 Å². The molecule has 2 heterocycles. The number of aliphatic hydroxyl groups is 1. The molecule has 4 rings (SSSR count). The third-order valence-electron chi connectivity index (χ3n) is 7.29. The zero-order valence-electron chi connectivity index (χ0n) is 21.5. The predicted octanol–water partition coefficient (Wildman–Crippen LogP) is 6.44. The van der Waals surface area contributed by atoms with E-state index in [-0.39, 0.29) is 24.1 Å². The van der Waals surface area contributed by atoms with Crippen molar-refractivity contribution < 1.29 is 24.1 Å². The monoisotopic (exact) mass is 560 g/mol. The molecule has 2 aromatic carbocycles. The van der Waals surface area contributed by atoms with E-state index < -0.39 is 12.1 Å². The summed E-state index contributed by atoms with van der Waals surface area (Å²) in [6.45, 7) is 2.51. The van der Waals surface area contributed by atoms with E-state index in [1.807, 2.05) is 24.3 Å². The smallest absolute Gasteiger partial charge is 0.303 e. The first kappa shape index (κ1) is 28.6. The number of carboxylic acid groups (broad SMARTS) is 1. The fourth-order valence-corrected chi connectivity index (χ4v) is 6.58. The van der Waals surface area contributed by atoms with E-state index >= 15 is 0 Å². The summed E-state index contributed by atoms with van der Waals surface area (Å²) in [4.78, 5) is 19.2. The first-order valence-corrected chi connectivity index (χ1v) is 14.3. The number of aromatic nitrogens is 1. The second kappa shape index (κ2) is 13.6. The van der Waals surface area contributed by atoms with Gasteiger partial charge in [0, 0.05) is 34.5 Å². The number of carboxylic acids is 1. The third kappa shape index (κ3) is 7.82. The van der Waals surface area contributed by atoms with Crippen LogP contribution in [0.1, 0.15) is 43.8 Å². The van der Waals surface area contributed by atoms with Crippen LogP contribution in [-0.4, -0.2) is 58.6 Å². The van der Waals surface area contributed by atoms with Crippen LogP contribution in [0.4, 0.5) is 4.39 Å². The highest BCUT2D eigenvalue weighted by Gasteiger charge is 2.31. The van der Waals surface area contributed by atoms with Gasteiger partial charge in [-0.05, 0) is 104 Å². The lowest BCUT2D eigenvalue weighted by molar-refractivity contribution is -0.139. The highest BCUT2D eigenvalue weighted by Crippen LogP contribution is 2.35. The van der Waals surface area contributed by atoms with Gasteiger partial charge in [-0.1, -0.05) is 11.6 Å². The molecule has 204 valence electrons. The number of hydrogen-bond donors (Lipinski definition) is 2. The Morgan fingerprint density at radius 3 is 2.87 bits per heavy atom. The molecule has 0 spiro atoms. The van der Waals surface area contributed by atoms with Crippen LogP contribution in [0.2, 0.25) is 5.02 Å². The number of methoxy groups -OCH3 is 1. The highest BCUT2D eigenvalue weighted by atomic mass is 35.5. The van der Waals surface area contributed by atoms with Crippen molar-refractivity contribution >= 4 is 40.2 Å². The number of halogens is 2. The van der Waals surface area contributed by atoms with E-state index in [0.29, 0.717) is 17.2 Å². The summed E-state index contributed by atoms with van der Waals surface area (Å²) in [7, 11) is 1.61. The summed E-state index contributed by atoms with van der Waals surface area (Å²) >= 11 is 7.52. The maximum absolute atomic E-state index is 13.5. The Hall–Kier alpha value is -2.39. The van der Waals surface area contributed by atoms with Crippen molar-refractivity contribution in [2.24, 2.45) is 11.8 Å². The number of rotatable bonds is 12. The third-order valence-corrected chi connectivity index (χ3v) is 8.57. The SMILES string of the molecule is COc1ccc2nccc(C(O)CC[C@@H]3CCN(CCCSc4cc(F)cc(Cl)c4)C[C@@H]3CC(=O)O)c2c1. The van der Waals surface area contributed by atoms with Crippen molar-refractivity contribution in [1.82, 2.24) is 9.88 Å². The second-order valence-electron chi connectivity index (χ2n) is 9.89. The largest absolute Gasteiger partial charge is 0.497 e. The zero-order valence-corrected chi connectivity index (χ0v) is 23.1. The van der Waals surface area contributed by atoms with Crippen LogP contribution in [0.3, 0.4) is 0 Å². The predicted molar refractivity (Wildman–Crippen MR) is 150 cm³/mol. The number of thioether (sulfide) groups is 1. The van der Waals surface area contributed by atoms with Crippen LogP contribution in [-0.2, 0) is 4.79 Å². The molecule has 1 aliphatic heterocycles. The number of likely N-dealkylation sites (tertiary alicyclic amines) is 1. The average Bonchev–Trinajstić information content (AvgIpc) is 2.89. The minimum Gasteiger partial charge on any atom is -0.497 e. The molecule has 3 atom stereocenters. The first-order chi connectivity index (χ1) is 18.3. The Morgan fingerprint density at radius 2 is 2.11 bits per heavy atom. The number of carbonyl (C=O) groups is 1. The van der Waals surface area contributed by atoms with Crippen LogP contribution in [0.25, 0.3) is 10.9 Å². The molecule has 6 nitrogen and oxygen atoms in total. The number of pyridine rings is 1. The maximum Gasteiger partial charge on any atom is 0.303 e. The number of hydrogen-bond acceptors (Lipinski definition) is 6. The molecule has 9 heteroatoms. The molecule has 1 unspecified atom stereocenters. The number of piperidine rings is 1. The Labute approximate surface area is 232 Å². The topological polar surface area (TPSA) is 82.9 Å². The van der Waals surface area contributed by atoms with E-state index in [1.165, 1.54) is 12.1 Å². The first-order valence-electron chi connectivity index (χ1n) is 13.0. The number of aliphatic hydroxyl groups excluding tert-OH is 1. The molecule has 1 saturated heterocycles. The van der Waals surface area contributed by atoms with E-state index in [2.05, 4.69) is 9.88 Å². The number of ether oxygens (including phenoxy) is 1. The lowest BCUT2D eigenvalue weighted by Gasteiger charge is -2.38.